The van der Waals surface area contributed by atoms with E-state index in [4.69, 9.17) is 0 Å². The third-order valence-corrected chi connectivity index (χ3v) is 4.41. The van der Waals surface area contributed by atoms with Crippen molar-refractivity contribution in [2.75, 3.05) is 6.61 Å². The lowest BCUT2D eigenvalue weighted by Gasteiger charge is -2.13. The molecule has 0 unspecified atom stereocenters. The predicted octanol–water partition coefficient (Wildman–Crippen LogP) is 2.76. The van der Waals surface area contributed by atoms with Crippen molar-refractivity contribution in [2.24, 2.45) is 5.92 Å². The number of amides is 1. The molecule has 0 radical (unpaired) electrons. The molecule has 3 rings (SSSR count). The largest absolute Gasteiger partial charge is 0.396 e. The van der Waals surface area contributed by atoms with Gasteiger partial charge >= 0.3 is 0 Å². The summed E-state index contributed by atoms with van der Waals surface area (Å²) in [7, 11) is 0. The van der Waals surface area contributed by atoms with E-state index in [9.17, 15) is 9.90 Å². The van der Waals surface area contributed by atoms with Crippen LogP contribution in [0.25, 0.3) is 5.69 Å². The van der Waals surface area contributed by atoms with Gasteiger partial charge in [0.15, 0.2) is 0 Å². The number of hydrogen-bond donors (Lipinski definition) is 2. The Balaban J connectivity index is 1.81. The molecule has 23 heavy (non-hydrogen) atoms. The third-order valence-electron chi connectivity index (χ3n) is 4.41. The number of carbonyl (C=O) groups excluding carboxylic acids is 1. The van der Waals surface area contributed by atoms with Crippen LogP contribution in [0.3, 0.4) is 0 Å². The van der Waals surface area contributed by atoms with E-state index in [1.807, 2.05) is 62.4 Å². The van der Waals surface area contributed by atoms with Crippen molar-refractivity contribution in [1.82, 2.24) is 9.88 Å². The van der Waals surface area contributed by atoms with E-state index in [0.717, 1.165) is 23.5 Å². The summed E-state index contributed by atoms with van der Waals surface area (Å²) < 4.78 is 2.09. The number of carbonyl (C=O) groups is 1. The Morgan fingerprint density at radius 1 is 1.26 bits per heavy atom. The van der Waals surface area contributed by atoms with Crippen molar-refractivity contribution in [1.29, 1.82) is 0 Å². The summed E-state index contributed by atoms with van der Waals surface area (Å²) >= 11 is 0. The van der Waals surface area contributed by atoms with Gasteiger partial charge in [-0.15, -0.1) is 0 Å². The van der Waals surface area contributed by atoms with E-state index in [-0.39, 0.29) is 24.5 Å². The van der Waals surface area contributed by atoms with E-state index in [1.54, 1.807) is 0 Å². The molecule has 0 saturated heterocycles. The Hall–Kier alpha value is -2.33. The van der Waals surface area contributed by atoms with Crippen LogP contribution < -0.4 is 5.32 Å². The van der Waals surface area contributed by atoms with Crippen LogP contribution in [0.1, 0.15) is 28.2 Å². The van der Waals surface area contributed by atoms with Gasteiger partial charge in [0.25, 0.3) is 5.91 Å². The number of aromatic nitrogens is 1. The Morgan fingerprint density at radius 3 is 2.65 bits per heavy atom. The summed E-state index contributed by atoms with van der Waals surface area (Å²) in [6, 6.07) is 12.0. The fourth-order valence-corrected chi connectivity index (χ4v) is 3.23. The van der Waals surface area contributed by atoms with Gasteiger partial charge in [-0.05, 0) is 38.5 Å². The first-order chi connectivity index (χ1) is 11.1. The van der Waals surface area contributed by atoms with Crippen LogP contribution in [0.2, 0.25) is 0 Å². The zero-order valence-corrected chi connectivity index (χ0v) is 13.5. The summed E-state index contributed by atoms with van der Waals surface area (Å²) in [5.74, 6) is 0.0885. The van der Waals surface area contributed by atoms with Gasteiger partial charge < -0.3 is 15.0 Å². The molecule has 0 spiro atoms. The number of aliphatic hydroxyl groups excluding tert-OH is 1. The minimum Gasteiger partial charge on any atom is -0.396 e. The zero-order valence-electron chi connectivity index (χ0n) is 13.5. The second kappa shape index (κ2) is 6.42. The molecule has 0 aliphatic heterocycles. The molecular weight excluding hydrogens is 288 g/mol. The smallest absolute Gasteiger partial charge is 0.253 e. The van der Waals surface area contributed by atoms with Crippen LogP contribution >= 0.6 is 0 Å². The van der Waals surface area contributed by atoms with Crippen LogP contribution in [-0.4, -0.2) is 28.2 Å². The highest BCUT2D eigenvalue weighted by atomic mass is 16.3. The molecule has 1 amide bonds. The van der Waals surface area contributed by atoms with Gasteiger partial charge in [-0.2, -0.15) is 0 Å². The highest BCUT2D eigenvalue weighted by molar-refractivity contribution is 5.96. The SMILES string of the molecule is Cc1cc(C(=O)N[C@@H]2C=C[C@H](CO)C2)c(C)n1-c1ccccc1. The number of para-hydroxylation sites is 1. The van der Waals surface area contributed by atoms with Gasteiger partial charge in [-0.1, -0.05) is 30.4 Å². The zero-order chi connectivity index (χ0) is 16.4. The molecule has 0 bridgehead atoms. The van der Waals surface area contributed by atoms with Crippen molar-refractivity contribution in [3.63, 3.8) is 0 Å². The molecule has 2 N–H and O–H groups in total. The molecule has 1 aromatic carbocycles. The molecule has 2 atom stereocenters. The molecule has 120 valence electrons. The van der Waals surface area contributed by atoms with Gasteiger partial charge in [-0.25, -0.2) is 0 Å². The molecule has 4 heteroatoms. The average Bonchev–Trinajstić information content (AvgIpc) is 3.12. The van der Waals surface area contributed by atoms with Crippen LogP contribution in [0.15, 0.2) is 48.6 Å². The molecule has 1 aliphatic rings. The molecule has 1 heterocycles. The molecule has 1 aliphatic carbocycles. The van der Waals surface area contributed by atoms with Crippen molar-refractivity contribution in [2.45, 2.75) is 26.3 Å². The lowest BCUT2D eigenvalue weighted by molar-refractivity contribution is 0.0940. The first kappa shape index (κ1) is 15.6. The van der Waals surface area contributed by atoms with Gasteiger partial charge in [-0.3, -0.25) is 4.79 Å². The maximum absolute atomic E-state index is 12.6. The second-order valence-electron chi connectivity index (χ2n) is 6.10. The number of nitrogens with one attached hydrogen (secondary N) is 1. The topological polar surface area (TPSA) is 54.3 Å². The van der Waals surface area contributed by atoms with Gasteiger partial charge in [0, 0.05) is 35.6 Å². The van der Waals surface area contributed by atoms with Crippen molar-refractivity contribution >= 4 is 5.91 Å². The molecule has 1 aromatic heterocycles. The first-order valence-electron chi connectivity index (χ1n) is 7.94. The molecule has 2 aromatic rings. The van der Waals surface area contributed by atoms with E-state index in [2.05, 4.69) is 9.88 Å². The number of nitrogens with zero attached hydrogens (tertiary/aromatic N) is 1. The Kier molecular flexibility index (Phi) is 4.35. The highest BCUT2D eigenvalue weighted by Gasteiger charge is 2.22. The Labute approximate surface area is 136 Å². The molecule has 0 saturated carbocycles. The Bertz CT molecular complexity index is 731. The summed E-state index contributed by atoms with van der Waals surface area (Å²) in [6.07, 6.45) is 4.70. The van der Waals surface area contributed by atoms with Crippen LogP contribution in [0.5, 0.6) is 0 Å². The van der Waals surface area contributed by atoms with Crippen LogP contribution in [-0.2, 0) is 0 Å². The summed E-state index contributed by atoms with van der Waals surface area (Å²) in [5, 5.41) is 12.2. The van der Waals surface area contributed by atoms with E-state index in [0.29, 0.717) is 5.56 Å². The molecular formula is C19H22N2O2. The monoisotopic (exact) mass is 310 g/mol. The minimum atomic E-state index is -0.0616. The lowest BCUT2D eigenvalue weighted by atomic mass is 10.1. The lowest BCUT2D eigenvalue weighted by Crippen LogP contribution is -2.33. The van der Waals surface area contributed by atoms with Gasteiger partial charge in [0.2, 0.25) is 0 Å². The maximum atomic E-state index is 12.6. The second-order valence-corrected chi connectivity index (χ2v) is 6.10. The normalized spacial score (nSPS) is 20.0. The number of hydrogen-bond acceptors (Lipinski definition) is 2. The highest BCUT2D eigenvalue weighted by Crippen LogP contribution is 2.22. The van der Waals surface area contributed by atoms with Gasteiger partial charge in [0.05, 0.1) is 5.56 Å². The third kappa shape index (κ3) is 3.08. The number of benzene rings is 1. The maximum Gasteiger partial charge on any atom is 0.253 e. The Morgan fingerprint density at radius 2 is 2.00 bits per heavy atom. The van der Waals surface area contributed by atoms with Crippen molar-refractivity contribution < 1.29 is 9.90 Å². The van der Waals surface area contributed by atoms with Crippen molar-refractivity contribution in [3.05, 3.63) is 65.5 Å². The van der Waals surface area contributed by atoms with Crippen LogP contribution in [0, 0.1) is 19.8 Å². The van der Waals surface area contributed by atoms with E-state index >= 15 is 0 Å². The average molecular weight is 310 g/mol. The first-order valence-corrected chi connectivity index (χ1v) is 7.94. The molecule has 4 nitrogen and oxygen atoms in total. The number of aliphatic hydroxyl groups is 1. The quantitative estimate of drug-likeness (QED) is 0.853. The minimum absolute atomic E-state index is 0.000526. The standard InChI is InChI=1S/C19H22N2O2/c1-13-10-18(14(2)21(13)17-6-4-3-5-7-17)19(23)20-16-9-8-15(11-16)12-22/h3-10,15-16,22H,11-12H2,1-2H3,(H,20,23)/t15-,16+/m0/s1. The van der Waals surface area contributed by atoms with Crippen molar-refractivity contribution in [3.8, 4) is 5.69 Å². The predicted molar refractivity (Wildman–Crippen MR) is 90.8 cm³/mol. The fourth-order valence-electron chi connectivity index (χ4n) is 3.23. The number of aryl methyl sites for hydroxylation is 1. The van der Waals surface area contributed by atoms with Gasteiger partial charge in [0.1, 0.15) is 0 Å². The summed E-state index contributed by atoms with van der Waals surface area (Å²) in [6.45, 7) is 4.11. The fraction of sp³-hybridized carbons (Fsp3) is 0.316. The number of rotatable bonds is 4. The van der Waals surface area contributed by atoms with E-state index < -0.39 is 0 Å². The summed E-state index contributed by atoms with van der Waals surface area (Å²) in [4.78, 5) is 12.6. The van der Waals surface area contributed by atoms with E-state index in [1.165, 1.54) is 0 Å². The molecule has 0 fully saturated rings. The van der Waals surface area contributed by atoms with Crippen LogP contribution in [0.4, 0.5) is 0 Å². The summed E-state index contributed by atoms with van der Waals surface area (Å²) in [5.41, 5.74) is 3.73.